The van der Waals surface area contributed by atoms with Crippen molar-refractivity contribution in [2.75, 3.05) is 16.8 Å². The number of nitrogens with zero attached hydrogens (tertiary/aromatic N) is 4. The molecule has 3 atom stereocenters. The van der Waals surface area contributed by atoms with Crippen LogP contribution in [0.4, 0.5) is 5.69 Å². The van der Waals surface area contributed by atoms with Gasteiger partial charge in [-0.1, -0.05) is 13.0 Å². The van der Waals surface area contributed by atoms with E-state index in [4.69, 9.17) is 0 Å². The molecule has 172 valence electrons. The fourth-order valence-electron chi connectivity index (χ4n) is 5.71. The van der Waals surface area contributed by atoms with Crippen LogP contribution < -0.4 is 5.32 Å². The molecule has 1 saturated carbocycles. The highest BCUT2D eigenvalue weighted by molar-refractivity contribution is 7.85. The van der Waals surface area contributed by atoms with E-state index in [2.05, 4.69) is 38.6 Å². The summed E-state index contributed by atoms with van der Waals surface area (Å²) in [6.07, 6.45) is 12.1. The molecule has 3 unspecified atom stereocenters. The molecular weight excluding hydrogens is 436 g/mol. The maximum absolute atomic E-state index is 13.1. The third-order valence-corrected chi connectivity index (χ3v) is 9.17. The van der Waals surface area contributed by atoms with Crippen LogP contribution in [0.15, 0.2) is 36.9 Å². The molecule has 0 spiro atoms. The molecule has 1 amide bonds. The van der Waals surface area contributed by atoms with Crippen LogP contribution in [-0.4, -0.2) is 46.6 Å². The van der Waals surface area contributed by atoms with Gasteiger partial charge in [-0.2, -0.15) is 10.2 Å². The van der Waals surface area contributed by atoms with Gasteiger partial charge in [0.05, 0.1) is 17.9 Å². The highest BCUT2D eigenvalue weighted by Crippen LogP contribution is 2.59. The number of carbonyl (C=O) groups excluding carboxylic acids is 1. The first-order chi connectivity index (χ1) is 16.0. The molecule has 9 heteroatoms. The quantitative estimate of drug-likeness (QED) is 0.604. The lowest BCUT2D eigenvalue weighted by Gasteiger charge is -2.30. The average Bonchev–Trinajstić information content (AvgIpc) is 3.10. The van der Waals surface area contributed by atoms with E-state index in [1.807, 2.05) is 23.1 Å². The molecule has 6 rings (SSSR count). The Labute approximate surface area is 195 Å². The first-order valence-electron chi connectivity index (χ1n) is 11.7. The van der Waals surface area contributed by atoms with E-state index < -0.39 is 10.8 Å². The Morgan fingerprint density at radius 1 is 1.33 bits per heavy atom. The van der Waals surface area contributed by atoms with Gasteiger partial charge in [0.15, 0.2) is 5.69 Å². The SMILES string of the molecule is CC12Cc3[nH]nc(C(=O)Nc4cnn(C(c5cccnc5)C5CCS(=O)CC5)c4)c3CC1C2. The molecule has 1 aliphatic heterocycles. The van der Waals surface area contributed by atoms with E-state index in [0.29, 0.717) is 28.6 Å². The fourth-order valence-corrected chi connectivity index (χ4v) is 7.04. The summed E-state index contributed by atoms with van der Waals surface area (Å²) < 4.78 is 13.8. The number of anilines is 1. The number of carbonyl (C=O) groups is 1. The minimum atomic E-state index is -0.726. The summed E-state index contributed by atoms with van der Waals surface area (Å²) in [7, 11) is -0.726. The Balaban J connectivity index is 1.23. The van der Waals surface area contributed by atoms with E-state index in [-0.39, 0.29) is 11.9 Å². The van der Waals surface area contributed by atoms with E-state index in [0.717, 1.165) is 54.0 Å². The van der Waals surface area contributed by atoms with Gasteiger partial charge in [0.25, 0.3) is 5.91 Å². The fraction of sp³-hybridized carbons (Fsp3) is 0.500. The second-order valence-corrected chi connectivity index (χ2v) is 11.7. The maximum atomic E-state index is 13.1. The third kappa shape index (κ3) is 3.82. The van der Waals surface area contributed by atoms with Crippen LogP contribution in [0.3, 0.4) is 0 Å². The molecule has 2 aliphatic carbocycles. The number of aromatic nitrogens is 5. The zero-order valence-electron chi connectivity index (χ0n) is 18.7. The number of pyridine rings is 1. The summed E-state index contributed by atoms with van der Waals surface area (Å²) in [5.74, 6) is 2.23. The molecule has 3 aliphatic rings. The molecule has 2 N–H and O–H groups in total. The van der Waals surface area contributed by atoms with Crippen LogP contribution in [0.25, 0.3) is 0 Å². The normalized spacial score (nSPS) is 29.1. The molecule has 3 aromatic heterocycles. The number of aromatic amines is 1. The Kier molecular flexibility index (Phi) is 4.97. The van der Waals surface area contributed by atoms with Crippen molar-refractivity contribution in [3.63, 3.8) is 0 Å². The predicted octanol–water partition coefficient (Wildman–Crippen LogP) is 3.13. The van der Waals surface area contributed by atoms with E-state index in [1.54, 1.807) is 12.4 Å². The van der Waals surface area contributed by atoms with Crippen molar-refractivity contribution >= 4 is 22.4 Å². The van der Waals surface area contributed by atoms with Crippen molar-refractivity contribution in [2.24, 2.45) is 17.3 Å². The summed E-state index contributed by atoms with van der Waals surface area (Å²) in [6.45, 7) is 2.32. The molecule has 4 heterocycles. The summed E-state index contributed by atoms with van der Waals surface area (Å²) in [5.41, 5.74) is 4.80. The summed E-state index contributed by atoms with van der Waals surface area (Å²) >= 11 is 0. The minimum Gasteiger partial charge on any atom is -0.318 e. The number of amides is 1. The van der Waals surface area contributed by atoms with Crippen LogP contribution in [0.5, 0.6) is 0 Å². The van der Waals surface area contributed by atoms with Crippen molar-refractivity contribution in [3.8, 4) is 0 Å². The first-order valence-corrected chi connectivity index (χ1v) is 13.2. The second-order valence-electron chi connectivity index (χ2n) is 10.0. The Hall–Kier alpha value is -2.81. The smallest absolute Gasteiger partial charge is 0.276 e. The van der Waals surface area contributed by atoms with Crippen molar-refractivity contribution in [1.82, 2.24) is 25.0 Å². The van der Waals surface area contributed by atoms with Gasteiger partial charge >= 0.3 is 0 Å². The molecule has 0 radical (unpaired) electrons. The monoisotopic (exact) mass is 464 g/mol. The van der Waals surface area contributed by atoms with Crippen molar-refractivity contribution in [2.45, 2.75) is 45.1 Å². The maximum Gasteiger partial charge on any atom is 0.276 e. The van der Waals surface area contributed by atoms with E-state index >= 15 is 0 Å². The summed E-state index contributed by atoms with van der Waals surface area (Å²) in [6, 6.07) is 3.98. The lowest BCUT2D eigenvalue weighted by atomic mass is 9.87. The average molecular weight is 465 g/mol. The number of hydrogen-bond donors (Lipinski definition) is 2. The van der Waals surface area contributed by atoms with Gasteiger partial charge in [-0.25, -0.2) is 0 Å². The minimum absolute atomic E-state index is 0.00709. The lowest BCUT2D eigenvalue weighted by Crippen LogP contribution is -2.28. The summed E-state index contributed by atoms with van der Waals surface area (Å²) in [5, 5.41) is 15.1. The number of fused-ring (bicyclic) bond motifs is 2. The highest BCUT2D eigenvalue weighted by atomic mass is 32.2. The third-order valence-electron chi connectivity index (χ3n) is 7.79. The van der Waals surface area contributed by atoms with Crippen molar-refractivity contribution < 1.29 is 9.00 Å². The lowest BCUT2D eigenvalue weighted by molar-refractivity contribution is 0.102. The number of rotatable bonds is 5. The largest absolute Gasteiger partial charge is 0.318 e. The van der Waals surface area contributed by atoms with E-state index in [1.165, 1.54) is 6.42 Å². The topological polar surface area (TPSA) is 106 Å². The highest BCUT2D eigenvalue weighted by Gasteiger charge is 2.53. The molecule has 1 saturated heterocycles. The summed E-state index contributed by atoms with van der Waals surface area (Å²) in [4.78, 5) is 17.4. The Morgan fingerprint density at radius 3 is 2.97 bits per heavy atom. The first kappa shape index (κ1) is 20.8. The van der Waals surface area contributed by atoms with Crippen LogP contribution in [0.1, 0.15) is 59.5 Å². The Bertz CT molecular complexity index is 1210. The van der Waals surface area contributed by atoms with Crippen LogP contribution in [0, 0.1) is 17.3 Å². The van der Waals surface area contributed by atoms with Gasteiger partial charge < -0.3 is 5.32 Å². The molecule has 2 fully saturated rings. The van der Waals surface area contributed by atoms with Gasteiger partial charge in [-0.15, -0.1) is 0 Å². The number of nitrogens with one attached hydrogen (secondary N) is 2. The van der Waals surface area contributed by atoms with Gasteiger partial charge in [0.1, 0.15) is 0 Å². The standard InChI is InChI=1S/C24H28N6O2S/c1-24-10-17(24)9-19-20(11-24)28-29-21(19)23(31)27-18-13-26-30(14-18)22(16-3-2-6-25-12-16)15-4-7-33(32)8-5-15/h2-3,6,12-15,17,22H,4-5,7-11H2,1H3,(H,27,31)(H,28,29). The van der Waals surface area contributed by atoms with Crippen molar-refractivity contribution in [3.05, 3.63) is 59.4 Å². The molecule has 33 heavy (non-hydrogen) atoms. The van der Waals surface area contributed by atoms with E-state index in [9.17, 15) is 9.00 Å². The molecule has 8 nitrogen and oxygen atoms in total. The second kappa shape index (κ2) is 7.90. The molecule has 0 aromatic carbocycles. The number of hydrogen-bond acceptors (Lipinski definition) is 5. The Morgan fingerprint density at radius 2 is 2.18 bits per heavy atom. The number of H-pyrrole nitrogens is 1. The van der Waals surface area contributed by atoms with Crippen LogP contribution >= 0.6 is 0 Å². The van der Waals surface area contributed by atoms with Gasteiger partial charge in [-0.3, -0.25) is 23.8 Å². The van der Waals surface area contributed by atoms with Gasteiger partial charge in [0.2, 0.25) is 0 Å². The zero-order valence-corrected chi connectivity index (χ0v) is 19.5. The van der Waals surface area contributed by atoms with Crippen LogP contribution in [-0.2, 0) is 23.6 Å². The predicted molar refractivity (Wildman–Crippen MR) is 125 cm³/mol. The van der Waals surface area contributed by atoms with Crippen molar-refractivity contribution in [1.29, 1.82) is 0 Å². The molecule has 3 aromatic rings. The van der Waals surface area contributed by atoms with Gasteiger partial charge in [0, 0.05) is 52.2 Å². The van der Waals surface area contributed by atoms with Gasteiger partial charge in [-0.05, 0) is 61.0 Å². The van der Waals surface area contributed by atoms with Crippen LogP contribution in [0.2, 0.25) is 0 Å². The molecule has 0 bridgehead atoms. The zero-order chi connectivity index (χ0) is 22.6. The molecular formula is C24H28N6O2S.